The number of thiophene rings is 1. The van der Waals surface area contributed by atoms with E-state index in [0.29, 0.717) is 17.8 Å². The number of carbonyl (C=O) groups excluding carboxylic acids is 1. The molecule has 1 aliphatic heterocycles. The molecule has 0 aliphatic carbocycles. The minimum atomic E-state index is -3.72. The SMILES string of the molecule is C#CCn1c(=NC(=O)C2CCCCN2S(=O)(=O)c2cccs2)sc2cc(C)ccc21. The van der Waals surface area contributed by atoms with Crippen LogP contribution < -0.4 is 4.80 Å². The Morgan fingerprint density at radius 1 is 1.33 bits per heavy atom. The van der Waals surface area contributed by atoms with Gasteiger partial charge in [-0.3, -0.25) is 4.79 Å². The van der Waals surface area contributed by atoms with E-state index < -0.39 is 22.0 Å². The minimum absolute atomic E-state index is 0.252. The number of aryl methyl sites for hydroxylation is 1. The van der Waals surface area contributed by atoms with Gasteiger partial charge < -0.3 is 4.57 Å². The number of terminal acetylenes is 1. The van der Waals surface area contributed by atoms with Gasteiger partial charge in [0.1, 0.15) is 10.3 Å². The first-order valence-corrected chi connectivity index (χ1v) is 12.7. The third kappa shape index (κ3) is 3.88. The van der Waals surface area contributed by atoms with Crippen LogP contribution in [-0.4, -0.2) is 35.8 Å². The molecule has 9 heteroatoms. The highest BCUT2D eigenvalue weighted by Gasteiger charge is 2.38. The van der Waals surface area contributed by atoms with Crippen LogP contribution in [0.4, 0.5) is 0 Å². The first-order valence-electron chi connectivity index (χ1n) is 9.59. The fourth-order valence-corrected chi connectivity index (χ4v) is 7.55. The van der Waals surface area contributed by atoms with E-state index in [2.05, 4.69) is 10.9 Å². The van der Waals surface area contributed by atoms with Gasteiger partial charge in [0.2, 0.25) is 0 Å². The van der Waals surface area contributed by atoms with Gasteiger partial charge in [0.15, 0.2) is 4.80 Å². The maximum Gasteiger partial charge on any atom is 0.266 e. The highest BCUT2D eigenvalue weighted by Crippen LogP contribution is 2.28. The van der Waals surface area contributed by atoms with E-state index in [-0.39, 0.29) is 10.8 Å². The molecule has 1 aromatic carbocycles. The van der Waals surface area contributed by atoms with E-state index >= 15 is 0 Å². The molecule has 156 valence electrons. The number of sulfonamides is 1. The number of piperidine rings is 1. The second-order valence-electron chi connectivity index (χ2n) is 7.16. The second-order valence-corrected chi connectivity index (χ2v) is 11.2. The average Bonchev–Trinajstić information content (AvgIpc) is 3.37. The lowest BCUT2D eigenvalue weighted by Crippen LogP contribution is -2.47. The Morgan fingerprint density at radius 2 is 2.17 bits per heavy atom. The van der Waals surface area contributed by atoms with Gasteiger partial charge in [0, 0.05) is 6.54 Å². The molecule has 3 heterocycles. The third-order valence-electron chi connectivity index (χ3n) is 5.09. The van der Waals surface area contributed by atoms with Gasteiger partial charge in [-0.2, -0.15) is 9.30 Å². The Labute approximate surface area is 183 Å². The molecule has 4 rings (SSSR count). The Hall–Kier alpha value is -2.25. The molecule has 0 bridgehead atoms. The summed E-state index contributed by atoms with van der Waals surface area (Å²) in [5, 5.41) is 1.72. The molecule has 30 heavy (non-hydrogen) atoms. The largest absolute Gasteiger partial charge is 0.305 e. The van der Waals surface area contributed by atoms with E-state index in [9.17, 15) is 13.2 Å². The fraction of sp³-hybridized carbons (Fsp3) is 0.333. The monoisotopic (exact) mass is 459 g/mol. The van der Waals surface area contributed by atoms with Crippen LogP contribution in [0, 0.1) is 19.3 Å². The molecule has 0 radical (unpaired) electrons. The number of amides is 1. The molecule has 1 saturated heterocycles. The number of fused-ring (bicyclic) bond motifs is 1. The number of carbonyl (C=O) groups is 1. The van der Waals surface area contributed by atoms with Gasteiger partial charge in [-0.1, -0.05) is 35.8 Å². The zero-order chi connectivity index (χ0) is 21.3. The summed E-state index contributed by atoms with van der Waals surface area (Å²) in [5.74, 6) is 2.17. The van der Waals surface area contributed by atoms with Crippen LogP contribution in [0.25, 0.3) is 10.2 Å². The summed E-state index contributed by atoms with van der Waals surface area (Å²) >= 11 is 2.55. The predicted molar refractivity (Wildman–Crippen MR) is 120 cm³/mol. The van der Waals surface area contributed by atoms with Crippen molar-refractivity contribution in [1.29, 1.82) is 0 Å². The Kier molecular flexibility index (Phi) is 5.93. The van der Waals surface area contributed by atoms with E-state index in [1.807, 2.05) is 29.7 Å². The Morgan fingerprint density at radius 3 is 2.90 bits per heavy atom. The zero-order valence-electron chi connectivity index (χ0n) is 16.4. The van der Waals surface area contributed by atoms with Crippen molar-refractivity contribution in [2.24, 2.45) is 4.99 Å². The second kappa shape index (κ2) is 8.47. The fourth-order valence-electron chi connectivity index (χ4n) is 3.64. The minimum Gasteiger partial charge on any atom is -0.305 e. The summed E-state index contributed by atoms with van der Waals surface area (Å²) in [5.41, 5.74) is 2.02. The molecule has 6 nitrogen and oxygen atoms in total. The van der Waals surface area contributed by atoms with Crippen molar-refractivity contribution in [2.75, 3.05) is 6.54 Å². The van der Waals surface area contributed by atoms with Crippen molar-refractivity contribution in [3.63, 3.8) is 0 Å². The summed E-state index contributed by atoms with van der Waals surface area (Å²) in [6.45, 7) is 2.61. The van der Waals surface area contributed by atoms with E-state index in [4.69, 9.17) is 6.42 Å². The highest BCUT2D eigenvalue weighted by molar-refractivity contribution is 7.91. The summed E-state index contributed by atoms with van der Waals surface area (Å²) in [6.07, 6.45) is 7.52. The quantitative estimate of drug-likeness (QED) is 0.562. The van der Waals surface area contributed by atoms with Crippen LogP contribution >= 0.6 is 22.7 Å². The van der Waals surface area contributed by atoms with E-state index in [1.165, 1.54) is 15.6 Å². The number of hydrogen-bond donors (Lipinski definition) is 0. The summed E-state index contributed by atoms with van der Waals surface area (Å²) in [6, 6.07) is 8.47. The Bertz CT molecular complexity index is 1290. The standard InChI is InChI=1S/C21H21N3O3S3/c1-3-11-23-16-10-9-15(2)14-18(16)29-21(23)22-20(25)17-7-4-5-12-24(17)30(26,27)19-8-6-13-28-19/h1,6,8-10,13-14,17H,4-5,7,11-12H2,2H3. The smallest absolute Gasteiger partial charge is 0.266 e. The molecule has 0 saturated carbocycles. The van der Waals surface area contributed by atoms with E-state index in [1.54, 1.807) is 17.5 Å². The van der Waals surface area contributed by atoms with Gasteiger partial charge >= 0.3 is 0 Å². The molecule has 1 fully saturated rings. The van der Waals surface area contributed by atoms with Crippen LogP contribution in [0.15, 0.2) is 44.9 Å². The van der Waals surface area contributed by atoms with E-state index in [0.717, 1.165) is 40.0 Å². The topological polar surface area (TPSA) is 71.7 Å². The number of hydrogen-bond acceptors (Lipinski definition) is 5. The van der Waals surface area contributed by atoms with Crippen LogP contribution in [0.3, 0.4) is 0 Å². The summed E-state index contributed by atoms with van der Waals surface area (Å²) in [4.78, 5) is 18.0. The molecule has 1 atom stereocenters. The lowest BCUT2D eigenvalue weighted by molar-refractivity contribution is -0.122. The number of thiazole rings is 1. The van der Waals surface area contributed by atoms with Crippen LogP contribution in [0.5, 0.6) is 0 Å². The molecule has 1 aliphatic rings. The van der Waals surface area contributed by atoms with Crippen molar-refractivity contribution in [1.82, 2.24) is 8.87 Å². The molecule has 2 aromatic heterocycles. The van der Waals surface area contributed by atoms with Crippen molar-refractivity contribution in [2.45, 2.75) is 43.0 Å². The molecule has 1 unspecified atom stereocenters. The number of nitrogens with zero attached hydrogens (tertiary/aromatic N) is 3. The summed E-state index contributed by atoms with van der Waals surface area (Å²) < 4.78 is 30.5. The zero-order valence-corrected chi connectivity index (χ0v) is 18.9. The maximum absolute atomic E-state index is 13.2. The number of rotatable bonds is 4. The number of aromatic nitrogens is 1. The first kappa shape index (κ1) is 21.0. The average molecular weight is 460 g/mol. The van der Waals surface area contributed by atoms with Gasteiger partial charge in [-0.15, -0.1) is 17.8 Å². The molecular formula is C21H21N3O3S3. The van der Waals surface area contributed by atoms with Gasteiger partial charge in [-0.05, 0) is 48.9 Å². The Balaban J connectivity index is 1.76. The van der Waals surface area contributed by atoms with Gasteiger partial charge in [0.25, 0.3) is 15.9 Å². The van der Waals surface area contributed by atoms with Crippen LogP contribution in [0.2, 0.25) is 0 Å². The van der Waals surface area contributed by atoms with Gasteiger partial charge in [-0.25, -0.2) is 8.42 Å². The van der Waals surface area contributed by atoms with Crippen molar-refractivity contribution < 1.29 is 13.2 Å². The highest BCUT2D eigenvalue weighted by atomic mass is 32.2. The van der Waals surface area contributed by atoms with Crippen LogP contribution in [-0.2, 0) is 21.4 Å². The summed E-state index contributed by atoms with van der Waals surface area (Å²) in [7, 11) is -3.72. The van der Waals surface area contributed by atoms with Crippen molar-refractivity contribution in [3.05, 3.63) is 46.1 Å². The molecule has 0 N–H and O–H groups in total. The lowest BCUT2D eigenvalue weighted by Gasteiger charge is -2.31. The number of benzene rings is 1. The van der Waals surface area contributed by atoms with Gasteiger partial charge in [0.05, 0.1) is 16.8 Å². The first-order chi connectivity index (χ1) is 14.4. The molecular weight excluding hydrogens is 438 g/mol. The normalized spacial score (nSPS) is 18.5. The molecule has 3 aromatic rings. The third-order valence-corrected chi connectivity index (χ3v) is 9.41. The van der Waals surface area contributed by atoms with Crippen LogP contribution in [0.1, 0.15) is 24.8 Å². The molecule has 0 spiro atoms. The van der Waals surface area contributed by atoms with Crippen molar-refractivity contribution in [3.8, 4) is 12.3 Å². The molecule has 1 amide bonds. The predicted octanol–water partition coefficient (Wildman–Crippen LogP) is 3.38. The van der Waals surface area contributed by atoms with Crippen molar-refractivity contribution >= 4 is 48.8 Å². The lowest BCUT2D eigenvalue weighted by atomic mass is 10.0. The maximum atomic E-state index is 13.2.